The van der Waals surface area contributed by atoms with Crippen LogP contribution in [-0.2, 0) is 13.0 Å². The van der Waals surface area contributed by atoms with E-state index in [1.54, 1.807) is 0 Å². The molecule has 2 aromatic rings. The summed E-state index contributed by atoms with van der Waals surface area (Å²) >= 11 is 0. The summed E-state index contributed by atoms with van der Waals surface area (Å²) < 4.78 is 5.54. The minimum absolute atomic E-state index is 0.144. The molecule has 3 heteroatoms. The number of hydrogen-bond acceptors (Lipinski definition) is 2. The maximum absolute atomic E-state index is 13.0. The standard InChI is InChI=1S/C20H21NO2/c1-14-4-2-3-5-17(14)13-21(18-7-8-18)20(22)16-6-9-19-15(12-16)10-11-23-19/h2-6,9,12,18H,7-8,10-11,13H2,1H3. The molecule has 23 heavy (non-hydrogen) atoms. The van der Waals surface area contributed by atoms with Crippen molar-refractivity contribution in [1.29, 1.82) is 0 Å². The minimum Gasteiger partial charge on any atom is -0.493 e. The highest BCUT2D eigenvalue weighted by Gasteiger charge is 2.33. The van der Waals surface area contributed by atoms with Crippen LogP contribution >= 0.6 is 0 Å². The fourth-order valence-electron chi connectivity index (χ4n) is 3.21. The summed E-state index contributed by atoms with van der Waals surface area (Å²) in [5, 5.41) is 0. The molecule has 1 heterocycles. The molecule has 4 rings (SSSR count). The van der Waals surface area contributed by atoms with E-state index in [2.05, 4.69) is 19.1 Å². The molecule has 0 atom stereocenters. The van der Waals surface area contributed by atoms with Crippen molar-refractivity contribution in [2.24, 2.45) is 0 Å². The number of nitrogens with zero attached hydrogens (tertiary/aromatic N) is 1. The lowest BCUT2D eigenvalue weighted by molar-refractivity contribution is 0.0729. The molecule has 118 valence electrons. The summed E-state index contributed by atoms with van der Waals surface area (Å²) in [6, 6.07) is 14.6. The maximum Gasteiger partial charge on any atom is 0.254 e. The van der Waals surface area contributed by atoms with Gasteiger partial charge >= 0.3 is 0 Å². The van der Waals surface area contributed by atoms with Crippen molar-refractivity contribution < 1.29 is 9.53 Å². The molecule has 0 spiro atoms. The third kappa shape index (κ3) is 2.83. The van der Waals surface area contributed by atoms with Crippen LogP contribution in [0.4, 0.5) is 0 Å². The summed E-state index contributed by atoms with van der Waals surface area (Å²) in [5.41, 5.74) is 4.42. The second-order valence-corrected chi connectivity index (χ2v) is 6.51. The van der Waals surface area contributed by atoms with Crippen molar-refractivity contribution in [1.82, 2.24) is 4.90 Å². The summed E-state index contributed by atoms with van der Waals surface area (Å²) in [6.07, 6.45) is 3.13. The van der Waals surface area contributed by atoms with E-state index in [4.69, 9.17) is 4.74 Å². The molecule has 1 amide bonds. The molecule has 0 radical (unpaired) electrons. The molecule has 0 unspecified atom stereocenters. The molecule has 2 aromatic carbocycles. The second kappa shape index (κ2) is 5.73. The zero-order chi connectivity index (χ0) is 15.8. The molecule has 2 aliphatic rings. The number of hydrogen-bond donors (Lipinski definition) is 0. The Bertz CT molecular complexity index is 749. The SMILES string of the molecule is Cc1ccccc1CN(C(=O)c1ccc2c(c1)CCO2)C1CC1. The lowest BCUT2D eigenvalue weighted by Crippen LogP contribution is -2.32. The first-order valence-corrected chi connectivity index (χ1v) is 8.33. The lowest BCUT2D eigenvalue weighted by Gasteiger charge is -2.24. The Morgan fingerprint density at radius 3 is 2.83 bits per heavy atom. The van der Waals surface area contributed by atoms with Crippen LogP contribution < -0.4 is 4.74 Å². The molecule has 0 bridgehead atoms. The van der Waals surface area contributed by atoms with Gasteiger partial charge in [-0.25, -0.2) is 0 Å². The van der Waals surface area contributed by atoms with Gasteiger partial charge in [-0.1, -0.05) is 24.3 Å². The van der Waals surface area contributed by atoms with E-state index in [1.165, 1.54) is 11.1 Å². The Balaban J connectivity index is 1.60. The molecular weight excluding hydrogens is 286 g/mol. The highest BCUT2D eigenvalue weighted by Crippen LogP contribution is 2.32. The Morgan fingerprint density at radius 2 is 2.04 bits per heavy atom. The van der Waals surface area contributed by atoms with E-state index in [9.17, 15) is 4.79 Å². The zero-order valence-electron chi connectivity index (χ0n) is 13.4. The number of carbonyl (C=O) groups is 1. The number of fused-ring (bicyclic) bond motifs is 1. The summed E-state index contributed by atoms with van der Waals surface area (Å²) in [6.45, 7) is 3.53. The second-order valence-electron chi connectivity index (χ2n) is 6.51. The molecule has 3 nitrogen and oxygen atoms in total. The number of ether oxygens (including phenoxy) is 1. The Morgan fingerprint density at radius 1 is 1.22 bits per heavy atom. The number of benzene rings is 2. The van der Waals surface area contributed by atoms with Crippen molar-refractivity contribution in [3.63, 3.8) is 0 Å². The summed E-state index contributed by atoms with van der Waals surface area (Å²) in [7, 11) is 0. The van der Waals surface area contributed by atoms with Crippen LogP contribution in [0.25, 0.3) is 0 Å². The van der Waals surface area contributed by atoms with E-state index >= 15 is 0 Å². The first-order valence-electron chi connectivity index (χ1n) is 8.33. The highest BCUT2D eigenvalue weighted by molar-refractivity contribution is 5.95. The van der Waals surface area contributed by atoms with Crippen molar-refractivity contribution in [2.75, 3.05) is 6.61 Å². The monoisotopic (exact) mass is 307 g/mol. The van der Waals surface area contributed by atoms with Gasteiger partial charge in [0.15, 0.2) is 0 Å². The van der Waals surface area contributed by atoms with Crippen LogP contribution in [0.1, 0.15) is 39.9 Å². The maximum atomic E-state index is 13.0. The first kappa shape index (κ1) is 14.3. The fourth-order valence-corrected chi connectivity index (χ4v) is 3.21. The third-order valence-corrected chi connectivity index (χ3v) is 4.79. The van der Waals surface area contributed by atoms with Crippen molar-refractivity contribution in [2.45, 2.75) is 38.8 Å². The van der Waals surface area contributed by atoms with E-state index < -0.39 is 0 Å². The number of carbonyl (C=O) groups excluding carboxylic acids is 1. The number of rotatable bonds is 4. The topological polar surface area (TPSA) is 29.5 Å². The lowest BCUT2D eigenvalue weighted by atomic mass is 10.1. The van der Waals surface area contributed by atoms with Gasteiger partial charge < -0.3 is 9.64 Å². The fraction of sp³-hybridized carbons (Fsp3) is 0.350. The van der Waals surface area contributed by atoms with Gasteiger partial charge in [-0.15, -0.1) is 0 Å². The molecular formula is C20H21NO2. The van der Waals surface area contributed by atoms with Gasteiger partial charge in [-0.05, 0) is 54.7 Å². The van der Waals surface area contributed by atoms with Gasteiger partial charge in [0.05, 0.1) is 6.61 Å². The van der Waals surface area contributed by atoms with Crippen LogP contribution in [-0.4, -0.2) is 23.5 Å². The molecule has 1 aliphatic heterocycles. The normalized spacial score (nSPS) is 15.9. The smallest absolute Gasteiger partial charge is 0.254 e. The third-order valence-electron chi connectivity index (χ3n) is 4.79. The van der Waals surface area contributed by atoms with Crippen LogP contribution in [0.2, 0.25) is 0 Å². The van der Waals surface area contributed by atoms with E-state index in [1.807, 2.05) is 35.2 Å². The van der Waals surface area contributed by atoms with E-state index in [0.717, 1.165) is 42.7 Å². The number of amides is 1. The van der Waals surface area contributed by atoms with E-state index in [0.29, 0.717) is 12.6 Å². The average Bonchev–Trinajstić information content (AvgIpc) is 3.30. The van der Waals surface area contributed by atoms with Crippen molar-refractivity contribution >= 4 is 5.91 Å². The predicted octanol–water partition coefficient (Wildman–Crippen LogP) is 3.73. The summed E-state index contributed by atoms with van der Waals surface area (Å²) in [5.74, 6) is 1.07. The largest absolute Gasteiger partial charge is 0.493 e. The van der Waals surface area contributed by atoms with Crippen LogP contribution in [0, 0.1) is 6.92 Å². The van der Waals surface area contributed by atoms with Gasteiger partial charge in [0, 0.05) is 24.6 Å². The number of aryl methyl sites for hydroxylation is 1. The van der Waals surface area contributed by atoms with Crippen LogP contribution in [0.3, 0.4) is 0 Å². The van der Waals surface area contributed by atoms with Gasteiger partial charge in [-0.3, -0.25) is 4.79 Å². The van der Waals surface area contributed by atoms with Crippen LogP contribution in [0.5, 0.6) is 5.75 Å². The Hall–Kier alpha value is -2.29. The Kier molecular flexibility index (Phi) is 3.56. The van der Waals surface area contributed by atoms with Gasteiger partial charge in [-0.2, -0.15) is 0 Å². The Labute approximate surface area is 136 Å². The zero-order valence-corrected chi connectivity index (χ0v) is 13.4. The molecule has 1 aliphatic carbocycles. The molecule has 0 saturated heterocycles. The minimum atomic E-state index is 0.144. The molecule has 1 saturated carbocycles. The van der Waals surface area contributed by atoms with E-state index in [-0.39, 0.29) is 5.91 Å². The quantitative estimate of drug-likeness (QED) is 0.861. The highest BCUT2D eigenvalue weighted by atomic mass is 16.5. The molecule has 1 fully saturated rings. The first-order chi connectivity index (χ1) is 11.2. The van der Waals surface area contributed by atoms with Gasteiger partial charge in [0.1, 0.15) is 5.75 Å². The van der Waals surface area contributed by atoms with Crippen LogP contribution in [0.15, 0.2) is 42.5 Å². The van der Waals surface area contributed by atoms with Gasteiger partial charge in [0.25, 0.3) is 5.91 Å². The average molecular weight is 307 g/mol. The summed E-state index contributed by atoms with van der Waals surface area (Å²) in [4.78, 5) is 15.1. The molecule has 0 aromatic heterocycles. The molecule has 0 N–H and O–H groups in total. The van der Waals surface area contributed by atoms with Crippen molar-refractivity contribution in [3.8, 4) is 5.75 Å². The van der Waals surface area contributed by atoms with Crippen molar-refractivity contribution in [3.05, 3.63) is 64.7 Å². The predicted molar refractivity (Wildman–Crippen MR) is 89.7 cm³/mol. The van der Waals surface area contributed by atoms with Gasteiger partial charge in [0.2, 0.25) is 0 Å².